The monoisotopic (exact) mass is 344 g/mol. The topological polar surface area (TPSA) is 71.5 Å². The maximum Gasteiger partial charge on any atom is 0.407 e. The van der Waals surface area contributed by atoms with Crippen LogP contribution in [0.25, 0.3) is 0 Å². The number of pyridine rings is 1. The first-order valence-corrected chi connectivity index (χ1v) is 7.27. The zero-order chi connectivity index (χ0) is 15.2. The van der Waals surface area contributed by atoms with Crippen LogP contribution in [0.2, 0.25) is 0 Å². The molecule has 1 rings (SSSR count). The number of aliphatic hydroxyl groups is 1. The molecule has 0 saturated heterocycles. The van der Waals surface area contributed by atoms with E-state index in [2.05, 4.69) is 26.2 Å². The molecule has 0 aliphatic heterocycles. The van der Waals surface area contributed by atoms with E-state index in [-0.39, 0.29) is 12.5 Å². The molecule has 1 aromatic rings. The van der Waals surface area contributed by atoms with Crippen molar-refractivity contribution in [1.82, 2.24) is 10.3 Å². The molecule has 1 aromatic heterocycles. The van der Waals surface area contributed by atoms with Crippen molar-refractivity contribution in [2.75, 3.05) is 13.2 Å². The molecule has 0 saturated carbocycles. The average Bonchev–Trinajstić information content (AvgIpc) is 2.34. The number of carbonyl (C=O) groups excluding carboxylic acids is 1. The second-order valence-electron chi connectivity index (χ2n) is 5.60. The van der Waals surface area contributed by atoms with Crippen molar-refractivity contribution in [2.24, 2.45) is 5.92 Å². The van der Waals surface area contributed by atoms with Gasteiger partial charge in [0.2, 0.25) is 0 Å². The third-order valence-electron chi connectivity index (χ3n) is 2.48. The molecule has 112 valence electrons. The molecule has 2 N–H and O–H groups in total. The first kappa shape index (κ1) is 16.9. The van der Waals surface area contributed by atoms with E-state index in [0.29, 0.717) is 13.0 Å². The summed E-state index contributed by atoms with van der Waals surface area (Å²) >= 11 is 3.32. The largest absolute Gasteiger partial charge is 0.444 e. The number of alkyl carbamates (subject to hydrolysis) is 1. The zero-order valence-electron chi connectivity index (χ0n) is 12.0. The van der Waals surface area contributed by atoms with Gasteiger partial charge in [-0.3, -0.25) is 4.98 Å². The number of aromatic nitrogens is 1. The minimum atomic E-state index is -0.522. The molecule has 1 heterocycles. The van der Waals surface area contributed by atoms with Gasteiger partial charge in [-0.15, -0.1) is 0 Å². The lowest BCUT2D eigenvalue weighted by Gasteiger charge is -2.21. The number of hydrogen-bond acceptors (Lipinski definition) is 4. The molecule has 0 fully saturated rings. The number of amides is 1. The van der Waals surface area contributed by atoms with Gasteiger partial charge < -0.3 is 15.2 Å². The summed E-state index contributed by atoms with van der Waals surface area (Å²) in [4.78, 5) is 15.8. The summed E-state index contributed by atoms with van der Waals surface area (Å²) in [6, 6.07) is 3.79. The fraction of sp³-hybridized carbons (Fsp3) is 0.571. The van der Waals surface area contributed by atoms with Crippen molar-refractivity contribution in [3.63, 3.8) is 0 Å². The summed E-state index contributed by atoms with van der Waals surface area (Å²) in [5, 5.41) is 12.0. The smallest absolute Gasteiger partial charge is 0.407 e. The fourth-order valence-electron chi connectivity index (χ4n) is 1.57. The molecule has 0 aliphatic rings. The van der Waals surface area contributed by atoms with E-state index < -0.39 is 11.7 Å². The van der Waals surface area contributed by atoms with Gasteiger partial charge in [0, 0.05) is 35.4 Å². The minimum absolute atomic E-state index is 0.0203. The number of halogens is 1. The molecule has 5 nitrogen and oxygen atoms in total. The van der Waals surface area contributed by atoms with E-state index in [1.54, 1.807) is 6.20 Å². The predicted molar refractivity (Wildman–Crippen MR) is 80.5 cm³/mol. The van der Waals surface area contributed by atoms with Crippen molar-refractivity contribution < 1.29 is 14.6 Å². The standard InChI is InChI=1S/C14H21BrN2O3/c1-14(2,3)20-13(19)17-7-10(9-18)6-12-5-4-11(15)8-16-12/h4-5,8,10,18H,6-7,9H2,1-3H3,(H,17,19). The van der Waals surface area contributed by atoms with Gasteiger partial charge in [0.15, 0.2) is 0 Å². The number of nitrogens with one attached hydrogen (secondary N) is 1. The van der Waals surface area contributed by atoms with Crippen molar-refractivity contribution >= 4 is 22.0 Å². The Balaban J connectivity index is 2.43. The Morgan fingerprint density at radius 3 is 2.70 bits per heavy atom. The van der Waals surface area contributed by atoms with Crippen LogP contribution in [-0.2, 0) is 11.2 Å². The Labute approximate surface area is 127 Å². The third kappa shape index (κ3) is 6.86. The zero-order valence-corrected chi connectivity index (χ0v) is 13.6. The van der Waals surface area contributed by atoms with Gasteiger partial charge in [0.25, 0.3) is 0 Å². The highest BCUT2D eigenvalue weighted by Crippen LogP contribution is 2.11. The van der Waals surface area contributed by atoms with Gasteiger partial charge in [-0.2, -0.15) is 0 Å². The lowest BCUT2D eigenvalue weighted by Crippen LogP contribution is -2.36. The Morgan fingerprint density at radius 1 is 1.50 bits per heavy atom. The van der Waals surface area contributed by atoms with Crippen molar-refractivity contribution in [3.05, 3.63) is 28.5 Å². The molecule has 0 radical (unpaired) electrons. The Morgan fingerprint density at radius 2 is 2.20 bits per heavy atom. The van der Waals surface area contributed by atoms with Gasteiger partial charge in [-0.25, -0.2) is 4.79 Å². The summed E-state index contributed by atoms with van der Waals surface area (Å²) in [6.45, 7) is 5.75. The molecular weight excluding hydrogens is 324 g/mol. The van der Waals surface area contributed by atoms with Crippen LogP contribution in [-0.4, -0.2) is 34.9 Å². The maximum atomic E-state index is 11.5. The van der Waals surface area contributed by atoms with E-state index in [9.17, 15) is 9.90 Å². The highest BCUT2D eigenvalue weighted by molar-refractivity contribution is 9.10. The molecular formula is C14H21BrN2O3. The van der Waals surface area contributed by atoms with Gasteiger partial charge in [0.05, 0.1) is 0 Å². The van der Waals surface area contributed by atoms with E-state index in [0.717, 1.165) is 10.2 Å². The van der Waals surface area contributed by atoms with E-state index >= 15 is 0 Å². The summed E-state index contributed by atoms with van der Waals surface area (Å²) in [5.41, 5.74) is 0.352. The molecule has 1 atom stereocenters. The van der Waals surface area contributed by atoms with Crippen LogP contribution in [0.15, 0.2) is 22.8 Å². The number of rotatable bonds is 5. The van der Waals surface area contributed by atoms with Crippen molar-refractivity contribution in [2.45, 2.75) is 32.8 Å². The normalized spacial score (nSPS) is 12.8. The van der Waals surface area contributed by atoms with Gasteiger partial charge in [0.1, 0.15) is 5.60 Å². The first-order chi connectivity index (χ1) is 9.30. The number of ether oxygens (including phenoxy) is 1. The Hall–Kier alpha value is -1.14. The quantitative estimate of drug-likeness (QED) is 0.860. The van der Waals surface area contributed by atoms with Crippen LogP contribution in [0, 0.1) is 5.92 Å². The van der Waals surface area contributed by atoms with Crippen LogP contribution < -0.4 is 5.32 Å². The Bertz CT molecular complexity index is 429. The first-order valence-electron chi connectivity index (χ1n) is 6.48. The predicted octanol–water partition coefficient (Wildman–Crippen LogP) is 2.52. The molecule has 1 unspecified atom stereocenters. The molecule has 20 heavy (non-hydrogen) atoms. The Kier molecular flexibility index (Phi) is 6.42. The highest BCUT2D eigenvalue weighted by Gasteiger charge is 2.17. The summed E-state index contributed by atoms with van der Waals surface area (Å²) in [6.07, 6.45) is 1.84. The second kappa shape index (κ2) is 7.59. The number of aliphatic hydroxyl groups excluding tert-OH is 1. The SMILES string of the molecule is CC(C)(C)OC(=O)NCC(CO)Cc1ccc(Br)cn1. The molecule has 6 heteroatoms. The maximum absolute atomic E-state index is 11.5. The third-order valence-corrected chi connectivity index (χ3v) is 2.95. The fourth-order valence-corrected chi connectivity index (χ4v) is 1.80. The van der Waals surface area contributed by atoms with Crippen LogP contribution >= 0.6 is 15.9 Å². The number of hydrogen-bond donors (Lipinski definition) is 2. The van der Waals surface area contributed by atoms with Crippen molar-refractivity contribution in [3.8, 4) is 0 Å². The van der Waals surface area contributed by atoms with Crippen LogP contribution in [0.3, 0.4) is 0 Å². The van der Waals surface area contributed by atoms with Gasteiger partial charge in [-0.05, 0) is 55.3 Å². The molecule has 1 amide bonds. The molecule has 0 aliphatic carbocycles. The van der Waals surface area contributed by atoms with Gasteiger partial charge in [-0.1, -0.05) is 0 Å². The van der Waals surface area contributed by atoms with Gasteiger partial charge >= 0.3 is 6.09 Å². The van der Waals surface area contributed by atoms with Crippen LogP contribution in [0.4, 0.5) is 4.79 Å². The molecule has 0 bridgehead atoms. The van der Waals surface area contributed by atoms with E-state index in [1.807, 2.05) is 32.9 Å². The minimum Gasteiger partial charge on any atom is -0.444 e. The summed E-state index contributed by atoms with van der Waals surface area (Å²) in [5.74, 6) is -0.0869. The highest BCUT2D eigenvalue weighted by atomic mass is 79.9. The molecule has 0 spiro atoms. The molecule has 0 aromatic carbocycles. The lowest BCUT2D eigenvalue weighted by atomic mass is 10.0. The lowest BCUT2D eigenvalue weighted by molar-refractivity contribution is 0.0512. The van der Waals surface area contributed by atoms with E-state index in [4.69, 9.17) is 4.74 Å². The second-order valence-corrected chi connectivity index (χ2v) is 6.52. The summed E-state index contributed by atoms with van der Waals surface area (Å²) < 4.78 is 6.06. The van der Waals surface area contributed by atoms with E-state index in [1.165, 1.54) is 0 Å². The van der Waals surface area contributed by atoms with Crippen LogP contribution in [0.1, 0.15) is 26.5 Å². The number of nitrogens with zero attached hydrogens (tertiary/aromatic N) is 1. The number of carbonyl (C=O) groups is 1. The van der Waals surface area contributed by atoms with Crippen molar-refractivity contribution in [1.29, 1.82) is 0 Å². The van der Waals surface area contributed by atoms with Crippen LogP contribution in [0.5, 0.6) is 0 Å². The average molecular weight is 345 g/mol. The summed E-state index contributed by atoms with van der Waals surface area (Å²) in [7, 11) is 0.